The van der Waals surface area contributed by atoms with Crippen LogP contribution in [0.3, 0.4) is 0 Å². The third-order valence-electron chi connectivity index (χ3n) is 4.82. The highest BCUT2D eigenvalue weighted by Crippen LogP contribution is 2.30. The first-order valence-corrected chi connectivity index (χ1v) is 8.85. The van der Waals surface area contributed by atoms with E-state index in [1.54, 1.807) is 12.1 Å². The smallest absolute Gasteiger partial charge is 0.256 e. The topological polar surface area (TPSA) is 59.2 Å². The highest BCUT2D eigenvalue weighted by Gasteiger charge is 2.29. The average molecular weight is 387 g/mol. The molecule has 1 aromatic heterocycles. The standard InChI is InChI=1S/C20H16F3N3O2/c21-14-3-1-12(2-4-14)18-24-25-19(28-18)13-7-9-26(10-8-13)20(27)16-6-5-15(22)11-17(16)23/h1-6,11,13H,7-10H2. The summed E-state index contributed by atoms with van der Waals surface area (Å²) < 4.78 is 45.6. The molecule has 3 aromatic rings. The fourth-order valence-electron chi connectivity index (χ4n) is 3.27. The molecule has 1 amide bonds. The van der Waals surface area contributed by atoms with E-state index in [0.717, 1.165) is 12.1 Å². The zero-order valence-electron chi connectivity index (χ0n) is 14.7. The summed E-state index contributed by atoms with van der Waals surface area (Å²) in [5.74, 6) is -1.66. The number of piperidine rings is 1. The largest absolute Gasteiger partial charge is 0.420 e. The van der Waals surface area contributed by atoms with Gasteiger partial charge in [0, 0.05) is 30.6 Å². The fraction of sp³-hybridized carbons (Fsp3) is 0.250. The predicted molar refractivity (Wildman–Crippen MR) is 93.9 cm³/mol. The Morgan fingerprint density at radius 2 is 1.64 bits per heavy atom. The molecular formula is C20H16F3N3O2. The maximum Gasteiger partial charge on any atom is 0.256 e. The van der Waals surface area contributed by atoms with Crippen molar-refractivity contribution < 1.29 is 22.4 Å². The summed E-state index contributed by atoms with van der Waals surface area (Å²) in [6.45, 7) is 0.795. The van der Waals surface area contributed by atoms with Crippen molar-refractivity contribution >= 4 is 5.91 Å². The summed E-state index contributed by atoms with van der Waals surface area (Å²) in [5, 5.41) is 8.08. The molecule has 5 nitrogen and oxygen atoms in total. The number of nitrogens with zero attached hydrogens (tertiary/aromatic N) is 3. The first-order valence-electron chi connectivity index (χ1n) is 8.85. The first-order chi connectivity index (χ1) is 13.5. The van der Waals surface area contributed by atoms with Gasteiger partial charge in [0.25, 0.3) is 5.91 Å². The van der Waals surface area contributed by atoms with Crippen molar-refractivity contribution in [1.82, 2.24) is 15.1 Å². The molecule has 0 N–H and O–H groups in total. The molecule has 1 saturated heterocycles. The summed E-state index contributed by atoms with van der Waals surface area (Å²) in [6, 6.07) is 8.69. The van der Waals surface area contributed by atoms with Gasteiger partial charge in [-0.25, -0.2) is 13.2 Å². The lowest BCUT2D eigenvalue weighted by Crippen LogP contribution is -2.38. The average Bonchev–Trinajstić information content (AvgIpc) is 3.18. The van der Waals surface area contributed by atoms with E-state index in [1.807, 2.05) is 0 Å². The predicted octanol–water partition coefficient (Wildman–Crippen LogP) is 4.17. The van der Waals surface area contributed by atoms with Crippen LogP contribution in [-0.4, -0.2) is 34.1 Å². The number of rotatable bonds is 3. The Morgan fingerprint density at radius 3 is 2.32 bits per heavy atom. The van der Waals surface area contributed by atoms with E-state index in [9.17, 15) is 18.0 Å². The molecule has 8 heteroatoms. The Labute approximate surface area is 158 Å². The normalized spacial score (nSPS) is 15.0. The molecule has 0 aliphatic carbocycles. The molecule has 2 heterocycles. The van der Waals surface area contributed by atoms with Gasteiger partial charge in [0.1, 0.15) is 17.5 Å². The van der Waals surface area contributed by atoms with Gasteiger partial charge < -0.3 is 9.32 Å². The number of aromatic nitrogens is 2. The number of carbonyl (C=O) groups excluding carboxylic acids is 1. The highest BCUT2D eigenvalue weighted by atomic mass is 19.1. The van der Waals surface area contributed by atoms with Crippen molar-refractivity contribution in [3.05, 3.63) is 71.4 Å². The molecule has 1 fully saturated rings. The van der Waals surface area contributed by atoms with Gasteiger partial charge in [-0.15, -0.1) is 10.2 Å². The summed E-state index contributed by atoms with van der Waals surface area (Å²) in [6.07, 6.45) is 1.17. The second kappa shape index (κ2) is 7.46. The minimum Gasteiger partial charge on any atom is -0.420 e. The Hall–Kier alpha value is -3.16. The summed E-state index contributed by atoms with van der Waals surface area (Å²) in [7, 11) is 0. The quantitative estimate of drug-likeness (QED) is 0.677. The zero-order valence-corrected chi connectivity index (χ0v) is 14.7. The SMILES string of the molecule is O=C(c1ccc(F)cc1F)N1CCC(c2nnc(-c3ccc(F)cc3)o2)CC1. The van der Waals surface area contributed by atoms with Crippen LogP contribution in [0.1, 0.15) is 35.0 Å². The molecule has 28 heavy (non-hydrogen) atoms. The third kappa shape index (κ3) is 3.62. The van der Waals surface area contributed by atoms with Gasteiger partial charge in [-0.05, 0) is 49.2 Å². The molecule has 2 aromatic carbocycles. The minimum absolute atomic E-state index is 0.0242. The number of halogens is 3. The molecule has 0 saturated carbocycles. The Bertz CT molecular complexity index is 996. The number of carbonyl (C=O) groups is 1. The van der Waals surface area contributed by atoms with E-state index in [0.29, 0.717) is 49.3 Å². The maximum absolute atomic E-state index is 13.8. The molecule has 0 unspecified atom stereocenters. The number of hydrogen-bond acceptors (Lipinski definition) is 4. The number of hydrogen-bond donors (Lipinski definition) is 0. The van der Waals surface area contributed by atoms with E-state index < -0.39 is 17.5 Å². The molecule has 1 aliphatic heterocycles. The number of amides is 1. The van der Waals surface area contributed by atoms with Crippen LogP contribution in [0.5, 0.6) is 0 Å². The van der Waals surface area contributed by atoms with E-state index in [4.69, 9.17) is 4.42 Å². The van der Waals surface area contributed by atoms with Crippen molar-refractivity contribution in [3.8, 4) is 11.5 Å². The van der Waals surface area contributed by atoms with Crippen LogP contribution in [0, 0.1) is 17.5 Å². The molecule has 0 atom stereocenters. The minimum atomic E-state index is -0.868. The lowest BCUT2D eigenvalue weighted by molar-refractivity contribution is 0.0701. The second-order valence-electron chi connectivity index (χ2n) is 6.64. The molecule has 4 rings (SSSR count). The van der Waals surface area contributed by atoms with Crippen LogP contribution < -0.4 is 0 Å². The molecule has 144 valence electrons. The van der Waals surface area contributed by atoms with E-state index in [-0.39, 0.29) is 17.3 Å². The van der Waals surface area contributed by atoms with Gasteiger partial charge >= 0.3 is 0 Å². The van der Waals surface area contributed by atoms with Gasteiger partial charge in [0.15, 0.2) is 0 Å². The van der Waals surface area contributed by atoms with Gasteiger partial charge in [-0.2, -0.15) is 0 Å². The van der Waals surface area contributed by atoms with Gasteiger partial charge in [0.05, 0.1) is 5.56 Å². The molecule has 0 spiro atoms. The van der Waals surface area contributed by atoms with Crippen LogP contribution in [0.15, 0.2) is 46.9 Å². The Morgan fingerprint density at radius 1 is 0.964 bits per heavy atom. The molecule has 1 aliphatic rings. The third-order valence-corrected chi connectivity index (χ3v) is 4.82. The van der Waals surface area contributed by atoms with Crippen molar-refractivity contribution in [1.29, 1.82) is 0 Å². The van der Waals surface area contributed by atoms with E-state index >= 15 is 0 Å². The Kier molecular flexibility index (Phi) is 4.85. The van der Waals surface area contributed by atoms with E-state index in [1.165, 1.54) is 17.0 Å². The summed E-state index contributed by atoms with van der Waals surface area (Å²) in [5.41, 5.74) is 0.482. The van der Waals surface area contributed by atoms with Crippen LogP contribution in [0.4, 0.5) is 13.2 Å². The van der Waals surface area contributed by atoms with Gasteiger partial charge in [-0.3, -0.25) is 4.79 Å². The summed E-state index contributed by atoms with van der Waals surface area (Å²) >= 11 is 0. The van der Waals surface area contributed by atoms with Crippen molar-refractivity contribution in [2.45, 2.75) is 18.8 Å². The first kappa shape index (κ1) is 18.2. The van der Waals surface area contributed by atoms with Gasteiger partial charge in [0.2, 0.25) is 11.8 Å². The molecular weight excluding hydrogens is 371 g/mol. The monoisotopic (exact) mass is 387 g/mol. The Balaban J connectivity index is 1.41. The number of likely N-dealkylation sites (tertiary alicyclic amines) is 1. The van der Waals surface area contributed by atoms with Crippen molar-refractivity contribution in [3.63, 3.8) is 0 Å². The van der Waals surface area contributed by atoms with Crippen molar-refractivity contribution in [2.75, 3.05) is 13.1 Å². The van der Waals surface area contributed by atoms with Crippen molar-refractivity contribution in [2.24, 2.45) is 0 Å². The van der Waals surface area contributed by atoms with E-state index in [2.05, 4.69) is 10.2 Å². The van der Waals surface area contributed by atoms with Crippen LogP contribution in [0.25, 0.3) is 11.5 Å². The van der Waals surface area contributed by atoms with Crippen LogP contribution >= 0.6 is 0 Å². The van der Waals surface area contributed by atoms with Crippen LogP contribution in [0.2, 0.25) is 0 Å². The lowest BCUT2D eigenvalue weighted by atomic mass is 9.96. The molecule has 0 bridgehead atoms. The molecule has 0 radical (unpaired) electrons. The second-order valence-corrected chi connectivity index (χ2v) is 6.64. The summed E-state index contributed by atoms with van der Waals surface area (Å²) in [4.78, 5) is 14.0. The zero-order chi connectivity index (χ0) is 19.7. The fourth-order valence-corrected chi connectivity index (χ4v) is 3.27. The van der Waals surface area contributed by atoms with Crippen LogP contribution in [-0.2, 0) is 0 Å². The lowest BCUT2D eigenvalue weighted by Gasteiger charge is -2.30. The van der Waals surface area contributed by atoms with Gasteiger partial charge in [-0.1, -0.05) is 0 Å². The highest BCUT2D eigenvalue weighted by molar-refractivity contribution is 5.94. The maximum atomic E-state index is 13.8. The number of benzene rings is 2.